The lowest BCUT2D eigenvalue weighted by molar-refractivity contribution is -0.145. The molecule has 0 aliphatic carbocycles. The summed E-state index contributed by atoms with van der Waals surface area (Å²) in [5, 5.41) is 14.6. The molecule has 1 saturated heterocycles. The molecule has 4 unspecified atom stereocenters. The van der Waals surface area contributed by atoms with Crippen LogP contribution in [-0.2, 0) is 30.4 Å². The molecule has 4 amide bonds. The Labute approximate surface area is 204 Å². The first kappa shape index (κ1) is 27.8. The Morgan fingerprint density at radius 3 is 2.34 bits per heavy atom. The van der Waals surface area contributed by atoms with Crippen LogP contribution in [0.15, 0.2) is 30.3 Å². The van der Waals surface area contributed by atoms with Gasteiger partial charge in [-0.25, -0.2) is 4.79 Å². The van der Waals surface area contributed by atoms with Crippen molar-refractivity contribution < 1.29 is 29.1 Å². The number of carboxylic acid groups (broad SMARTS) is 1. The predicted octanol–water partition coefficient (Wildman–Crippen LogP) is -0.477. The lowest BCUT2D eigenvalue weighted by atomic mass is 10.0. The molecule has 11 nitrogen and oxygen atoms in total. The average Bonchev–Trinajstić information content (AvgIpc) is 3.30. The number of carbonyl (C=O) groups excluding carboxylic acids is 4. The minimum Gasteiger partial charge on any atom is -0.480 e. The van der Waals surface area contributed by atoms with Gasteiger partial charge >= 0.3 is 5.97 Å². The van der Waals surface area contributed by atoms with E-state index in [9.17, 15) is 29.1 Å². The molecule has 192 valence electrons. The maximum atomic E-state index is 13.5. The van der Waals surface area contributed by atoms with Crippen molar-refractivity contribution in [2.24, 2.45) is 17.4 Å². The Balaban J connectivity index is 2.20. The van der Waals surface area contributed by atoms with Gasteiger partial charge in [-0.15, -0.1) is 0 Å². The average molecular weight is 490 g/mol. The first-order valence-electron chi connectivity index (χ1n) is 11.7. The highest BCUT2D eigenvalue weighted by Gasteiger charge is 2.39. The summed E-state index contributed by atoms with van der Waals surface area (Å²) in [4.78, 5) is 63.1. The number of hydrogen-bond donors (Lipinski definition) is 5. The second-order valence-electron chi connectivity index (χ2n) is 9.12. The van der Waals surface area contributed by atoms with Gasteiger partial charge in [0.25, 0.3) is 0 Å². The fraction of sp³-hybridized carbons (Fsp3) is 0.542. The molecule has 2 rings (SSSR count). The van der Waals surface area contributed by atoms with E-state index in [-0.39, 0.29) is 25.2 Å². The Morgan fingerprint density at radius 2 is 1.77 bits per heavy atom. The van der Waals surface area contributed by atoms with Gasteiger partial charge in [0.05, 0.1) is 6.04 Å². The van der Waals surface area contributed by atoms with Crippen molar-refractivity contribution in [3.8, 4) is 0 Å². The molecule has 7 N–H and O–H groups in total. The fourth-order valence-electron chi connectivity index (χ4n) is 4.02. The number of aliphatic carboxylic acids is 1. The first-order chi connectivity index (χ1) is 16.5. The van der Waals surface area contributed by atoms with E-state index in [1.807, 2.05) is 18.2 Å². The van der Waals surface area contributed by atoms with Gasteiger partial charge in [-0.2, -0.15) is 0 Å². The predicted molar refractivity (Wildman–Crippen MR) is 128 cm³/mol. The molecule has 1 aliphatic rings. The van der Waals surface area contributed by atoms with Gasteiger partial charge in [0, 0.05) is 19.4 Å². The molecule has 1 aliphatic heterocycles. The molecule has 0 bridgehead atoms. The van der Waals surface area contributed by atoms with Crippen LogP contribution in [0.2, 0.25) is 0 Å². The maximum Gasteiger partial charge on any atom is 0.326 e. The fourth-order valence-corrected chi connectivity index (χ4v) is 4.02. The van der Waals surface area contributed by atoms with Gasteiger partial charge in [-0.05, 0) is 30.7 Å². The van der Waals surface area contributed by atoms with Crippen molar-refractivity contribution in [1.82, 2.24) is 15.5 Å². The van der Waals surface area contributed by atoms with Crippen LogP contribution in [-0.4, -0.2) is 70.3 Å². The number of carbonyl (C=O) groups is 5. The smallest absolute Gasteiger partial charge is 0.326 e. The van der Waals surface area contributed by atoms with E-state index in [0.29, 0.717) is 19.4 Å². The van der Waals surface area contributed by atoms with Crippen molar-refractivity contribution in [2.75, 3.05) is 6.54 Å². The third-order valence-corrected chi connectivity index (χ3v) is 6.00. The van der Waals surface area contributed by atoms with Crippen LogP contribution in [0, 0.1) is 5.92 Å². The molecule has 4 atom stereocenters. The van der Waals surface area contributed by atoms with Crippen LogP contribution in [0.3, 0.4) is 0 Å². The Hall–Kier alpha value is -3.47. The summed E-state index contributed by atoms with van der Waals surface area (Å²) in [5.41, 5.74) is 11.8. The molecule has 35 heavy (non-hydrogen) atoms. The van der Waals surface area contributed by atoms with Crippen molar-refractivity contribution >= 4 is 29.6 Å². The van der Waals surface area contributed by atoms with Gasteiger partial charge in [-0.3, -0.25) is 19.2 Å². The summed E-state index contributed by atoms with van der Waals surface area (Å²) < 4.78 is 0. The Morgan fingerprint density at radius 1 is 1.11 bits per heavy atom. The Bertz CT molecular complexity index is 922. The molecule has 1 heterocycles. The molecule has 11 heteroatoms. The molecule has 0 aromatic heterocycles. The van der Waals surface area contributed by atoms with Crippen LogP contribution in [0.4, 0.5) is 0 Å². The molecule has 1 aromatic carbocycles. The van der Waals surface area contributed by atoms with Gasteiger partial charge in [0.15, 0.2) is 0 Å². The van der Waals surface area contributed by atoms with Crippen molar-refractivity contribution in [2.45, 2.75) is 70.1 Å². The highest BCUT2D eigenvalue weighted by atomic mass is 16.4. The zero-order chi connectivity index (χ0) is 26.1. The molecular formula is C24H35N5O6. The van der Waals surface area contributed by atoms with E-state index < -0.39 is 53.8 Å². The molecule has 0 spiro atoms. The minimum absolute atomic E-state index is 0.0357. The zero-order valence-corrected chi connectivity index (χ0v) is 20.1. The highest BCUT2D eigenvalue weighted by molar-refractivity contribution is 5.94. The molecule has 0 radical (unpaired) electrons. The minimum atomic E-state index is -1.15. The first-order valence-corrected chi connectivity index (χ1v) is 11.7. The third-order valence-electron chi connectivity index (χ3n) is 6.00. The summed E-state index contributed by atoms with van der Waals surface area (Å²) in [6.45, 7) is 3.66. The second kappa shape index (κ2) is 12.8. The second-order valence-corrected chi connectivity index (χ2v) is 9.12. The lowest BCUT2D eigenvalue weighted by Gasteiger charge is -2.30. The topological polar surface area (TPSA) is 185 Å². The summed E-state index contributed by atoms with van der Waals surface area (Å²) in [7, 11) is 0. The van der Waals surface area contributed by atoms with Crippen LogP contribution in [0.5, 0.6) is 0 Å². The van der Waals surface area contributed by atoms with E-state index >= 15 is 0 Å². The standard InChI is InChI=1S/C24H35N5O6/c1-14(2)20(24(34)35)28-22(32)18-9-6-12-29(18)23(33)17(13-15-7-4-3-5-8-15)27-21(31)16(25)10-11-19(26)30/h3-5,7-8,14,16-18,20H,6,9-13,25H2,1-2H3,(H2,26,30)(H,27,31)(H,28,32)(H,34,35). The molecule has 1 aromatic rings. The van der Waals surface area contributed by atoms with Gasteiger partial charge in [0.1, 0.15) is 18.1 Å². The highest BCUT2D eigenvalue weighted by Crippen LogP contribution is 2.20. The molecular weight excluding hydrogens is 454 g/mol. The van der Waals surface area contributed by atoms with E-state index in [0.717, 1.165) is 5.56 Å². The number of amides is 4. The number of benzene rings is 1. The number of nitrogens with one attached hydrogen (secondary N) is 2. The zero-order valence-electron chi connectivity index (χ0n) is 20.1. The summed E-state index contributed by atoms with van der Waals surface area (Å²) in [6.07, 6.45) is 1.08. The van der Waals surface area contributed by atoms with E-state index in [1.54, 1.807) is 26.0 Å². The molecule has 0 saturated carbocycles. The van der Waals surface area contributed by atoms with Crippen LogP contribution >= 0.6 is 0 Å². The normalized spacial score (nSPS) is 17.9. The number of hydrogen-bond acceptors (Lipinski definition) is 6. The largest absolute Gasteiger partial charge is 0.480 e. The summed E-state index contributed by atoms with van der Waals surface area (Å²) >= 11 is 0. The number of primary amides is 1. The van der Waals surface area contributed by atoms with Crippen LogP contribution in [0.1, 0.15) is 45.1 Å². The maximum absolute atomic E-state index is 13.5. The van der Waals surface area contributed by atoms with Crippen LogP contribution in [0.25, 0.3) is 0 Å². The number of carboxylic acids is 1. The van der Waals surface area contributed by atoms with Crippen molar-refractivity contribution in [1.29, 1.82) is 0 Å². The SMILES string of the molecule is CC(C)C(NC(=O)C1CCCN1C(=O)C(Cc1ccccc1)NC(=O)C(N)CCC(N)=O)C(=O)O. The van der Waals surface area contributed by atoms with Gasteiger partial charge in [-0.1, -0.05) is 44.2 Å². The number of nitrogens with zero attached hydrogens (tertiary/aromatic N) is 1. The van der Waals surface area contributed by atoms with Crippen molar-refractivity contribution in [3.05, 3.63) is 35.9 Å². The lowest BCUT2D eigenvalue weighted by Crippen LogP contribution is -2.57. The summed E-state index contributed by atoms with van der Waals surface area (Å²) in [5.74, 6) is -3.68. The number of rotatable bonds is 12. The van der Waals surface area contributed by atoms with E-state index in [1.165, 1.54) is 4.90 Å². The number of nitrogens with two attached hydrogens (primary N) is 2. The number of likely N-dealkylation sites (tertiary alicyclic amines) is 1. The van der Waals surface area contributed by atoms with Gasteiger partial charge < -0.3 is 32.1 Å². The van der Waals surface area contributed by atoms with E-state index in [2.05, 4.69) is 10.6 Å². The monoisotopic (exact) mass is 489 g/mol. The van der Waals surface area contributed by atoms with Crippen LogP contribution < -0.4 is 22.1 Å². The Kier molecular flexibility index (Phi) is 10.2. The quantitative estimate of drug-likeness (QED) is 0.262. The molecule has 1 fully saturated rings. The van der Waals surface area contributed by atoms with E-state index in [4.69, 9.17) is 11.5 Å². The third kappa shape index (κ3) is 8.06. The summed E-state index contributed by atoms with van der Waals surface area (Å²) in [6, 6.07) is 5.11. The van der Waals surface area contributed by atoms with Crippen molar-refractivity contribution in [3.63, 3.8) is 0 Å². The van der Waals surface area contributed by atoms with Gasteiger partial charge in [0.2, 0.25) is 23.6 Å².